The number of rotatable bonds is 9. The summed E-state index contributed by atoms with van der Waals surface area (Å²) in [6, 6.07) is 10.0. The molecule has 226 valence electrons. The van der Waals surface area contributed by atoms with E-state index >= 15 is 4.39 Å². The summed E-state index contributed by atoms with van der Waals surface area (Å²) in [6.45, 7) is 4.83. The Bertz CT molecular complexity index is 1570. The smallest absolute Gasteiger partial charge is 0.320 e. The second-order valence-electron chi connectivity index (χ2n) is 11.3. The van der Waals surface area contributed by atoms with Gasteiger partial charge in [-0.3, -0.25) is 15.1 Å². The van der Waals surface area contributed by atoms with Gasteiger partial charge in [-0.15, -0.1) is 0 Å². The van der Waals surface area contributed by atoms with Crippen molar-refractivity contribution in [3.8, 4) is 16.9 Å². The zero-order valence-corrected chi connectivity index (χ0v) is 24.4. The van der Waals surface area contributed by atoms with Gasteiger partial charge in [0, 0.05) is 75.7 Å². The summed E-state index contributed by atoms with van der Waals surface area (Å²) in [6.07, 6.45) is 6.28. The van der Waals surface area contributed by atoms with E-state index in [0.29, 0.717) is 48.9 Å². The number of halogens is 2. The van der Waals surface area contributed by atoms with E-state index in [4.69, 9.17) is 9.84 Å². The third-order valence-corrected chi connectivity index (χ3v) is 8.08. The van der Waals surface area contributed by atoms with Crippen LogP contribution < -0.4 is 10.6 Å². The van der Waals surface area contributed by atoms with Gasteiger partial charge in [-0.25, -0.2) is 28.2 Å². The second kappa shape index (κ2) is 11.8. The van der Waals surface area contributed by atoms with Crippen LogP contribution >= 0.6 is 0 Å². The van der Waals surface area contributed by atoms with Gasteiger partial charge >= 0.3 is 6.03 Å². The normalized spacial score (nSPS) is 20.2. The Hall–Kier alpha value is -4.20. The lowest BCUT2D eigenvalue weighted by atomic mass is 9.96. The Morgan fingerprint density at radius 1 is 1.14 bits per heavy atom. The zero-order chi connectivity index (χ0) is 30.1. The number of aromatic nitrogens is 5. The van der Waals surface area contributed by atoms with E-state index in [9.17, 15) is 9.18 Å². The highest BCUT2D eigenvalue weighted by atomic mass is 19.1. The Kier molecular flexibility index (Phi) is 7.95. The summed E-state index contributed by atoms with van der Waals surface area (Å²) in [5.41, 5.74) is 1.06. The largest absolute Gasteiger partial charge is 0.383 e. The highest BCUT2D eigenvalue weighted by Crippen LogP contribution is 2.34. The summed E-state index contributed by atoms with van der Waals surface area (Å²) in [5, 5.41) is 10.9. The molecule has 2 atom stereocenters. The molecule has 2 amide bonds. The van der Waals surface area contributed by atoms with E-state index < -0.39 is 11.7 Å². The highest BCUT2D eigenvalue weighted by molar-refractivity contribution is 5.91. The quantitative estimate of drug-likeness (QED) is 0.308. The molecule has 0 aliphatic carbocycles. The van der Waals surface area contributed by atoms with Crippen LogP contribution in [0.2, 0.25) is 0 Å². The van der Waals surface area contributed by atoms with Crippen LogP contribution in [0, 0.1) is 12.7 Å². The summed E-state index contributed by atoms with van der Waals surface area (Å²) in [7, 11) is 3.50. The number of likely N-dealkylation sites (N-methyl/N-ethyl adjacent to an activating group) is 1. The number of benzene rings is 1. The third-order valence-electron chi connectivity index (χ3n) is 8.08. The Labute approximate surface area is 248 Å². The number of carbonyl (C=O) groups excluding carboxylic acids is 1. The van der Waals surface area contributed by atoms with Gasteiger partial charge in [0.1, 0.15) is 17.3 Å². The number of nitrogens with zero attached hydrogens (tertiary/aromatic N) is 7. The fourth-order valence-corrected chi connectivity index (χ4v) is 5.92. The van der Waals surface area contributed by atoms with Gasteiger partial charge < -0.3 is 14.6 Å². The summed E-state index contributed by atoms with van der Waals surface area (Å²) in [5.74, 6) is 0.302. The number of likely N-dealkylation sites (tertiary alicyclic amines) is 2. The Balaban J connectivity index is 1.26. The molecule has 2 saturated heterocycles. The topological polar surface area (TPSA) is 105 Å². The standard InChI is InChI=1S/C30H35F2N9O2/c1-20-26(21-13-33-28(34-14-21)30(32)18-38(2)19-30)37-41(23-7-5-4-6-8-23)27(20)36-29(42)35-24-16-39(11-12-43-3)17-25(24)40-10-9-22(31)15-40/h4-10,13-15,24-25H,11-12,16-19H2,1-3H3,(H2,35,36,42)/t24-,25-/m1/s1. The summed E-state index contributed by atoms with van der Waals surface area (Å²) < 4.78 is 37.6. The molecule has 3 aromatic heterocycles. The van der Waals surface area contributed by atoms with Gasteiger partial charge in [0.2, 0.25) is 0 Å². The maximum atomic E-state index is 15.1. The number of ether oxygens (including phenoxy) is 1. The van der Waals surface area contributed by atoms with Crippen LogP contribution in [0.25, 0.3) is 16.9 Å². The van der Waals surface area contributed by atoms with Crippen molar-refractivity contribution in [3.63, 3.8) is 0 Å². The number of hydrogen-bond acceptors (Lipinski definition) is 7. The van der Waals surface area contributed by atoms with Crippen LogP contribution in [0.4, 0.5) is 19.4 Å². The van der Waals surface area contributed by atoms with Crippen molar-refractivity contribution >= 4 is 11.8 Å². The molecule has 2 N–H and O–H groups in total. The molecule has 2 fully saturated rings. The van der Waals surface area contributed by atoms with Crippen molar-refractivity contribution in [2.75, 3.05) is 58.8 Å². The molecule has 11 nitrogen and oxygen atoms in total. The SMILES string of the molecule is COCCN1C[C@@H](n2ccc(F)c2)[C@H](NC(=O)Nc2c(C)c(-c3cnc(C4(F)CN(C)C4)nc3)nn2-c2ccccc2)C1. The van der Waals surface area contributed by atoms with Crippen LogP contribution in [-0.2, 0) is 10.4 Å². The molecule has 6 rings (SSSR count). The molecule has 2 aliphatic heterocycles. The maximum absolute atomic E-state index is 15.1. The number of methoxy groups -OCH3 is 1. The molecule has 43 heavy (non-hydrogen) atoms. The minimum Gasteiger partial charge on any atom is -0.383 e. The average molecular weight is 592 g/mol. The van der Waals surface area contributed by atoms with Gasteiger partial charge in [-0.1, -0.05) is 18.2 Å². The lowest BCUT2D eigenvalue weighted by molar-refractivity contribution is -0.0265. The molecule has 5 heterocycles. The van der Waals surface area contributed by atoms with E-state index in [0.717, 1.165) is 5.69 Å². The Morgan fingerprint density at radius 3 is 2.53 bits per heavy atom. The summed E-state index contributed by atoms with van der Waals surface area (Å²) in [4.78, 5) is 26.2. The van der Waals surface area contributed by atoms with E-state index in [1.165, 1.54) is 12.3 Å². The number of carbonyl (C=O) groups is 1. The zero-order valence-electron chi connectivity index (χ0n) is 24.4. The maximum Gasteiger partial charge on any atom is 0.320 e. The van der Waals surface area contributed by atoms with Crippen molar-refractivity contribution < 1.29 is 18.3 Å². The lowest BCUT2D eigenvalue weighted by Gasteiger charge is -2.40. The number of anilines is 1. The van der Waals surface area contributed by atoms with Gasteiger partial charge in [-0.05, 0) is 32.2 Å². The minimum absolute atomic E-state index is 0.153. The molecular formula is C30H35F2N9O2. The number of urea groups is 1. The van der Waals surface area contributed by atoms with Crippen molar-refractivity contribution in [2.24, 2.45) is 0 Å². The molecule has 4 aromatic rings. The fourth-order valence-electron chi connectivity index (χ4n) is 5.92. The number of amides is 2. The van der Waals surface area contributed by atoms with E-state index in [-0.39, 0.29) is 36.8 Å². The molecule has 0 spiro atoms. The van der Waals surface area contributed by atoms with Crippen LogP contribution in [0.15, 0.2) is 61.2 Å². The third kappa shape index (κ3) is 5.88. The van der Waals surface area contributed by atoms with Crippen molar-refractivity contribution in [2.45, 2.75) is 24.7 Å². The van der Waals surface area contributed by atoms with Gasteiger partial charge in [0.05, 0.1) is 24.4 Å². The molecule has 13 heteroatoms. The molecule has 0 saturated carbocycles. The molecule has 0 unspecified atom stereocenters. The van der Waals surface area contributed by atoms with Crippen LogP contribution in [0.3, 0.4) is 0 Å². The highest BCUT2D eigenvalue weighted by Gasteiger charge is 2.45. The average Bonchev–Trinajstić information content (AvgIpc) is 3.69. The van der Waals surface area contributed by atoms with Crippen molar-refractivity contribution in [1.29, 1.82) is 0 Å². The van der Waals surface area contributed by atoms with Crippen LogP contribution in [0.1, 0.15) is 17.4 Å². The number of nitrogens with one attached hydrogen (secondary N) is 2. The number of para-hydroxylation sites is 1. The molecule has 0 bridgehead atoms. The van der Waals surface area contributed by atoms with Crippen molar-refractivity contribution in [1.82, 2.24) is 39.4 Å². The first-order valence-electron chi connectivity index (χ1n) is 14.2. The first-order chi connectivity index (χ1) is 20.7. The van der Waals surface area contributed by atoms with E-state index in [2.05, 4.69) is 25.5 Å². The lowest BCUT2D eigenvalue weighted by Crippen LogP contribution is -2.55. The van der Waals surface area contributed by atoms with E-state index in [1.54, 1.807) is 34.9 Å². The van der Waals surface area contributed by atoms with Gasteiger partial charge in [-0.2, -0.15) is 5.10 Å². The molecule has 0 radical (unpaired) electrons. The fraction of sp³-hybridized carbons (Fsp3) is 0.400. The molecule has 2 aliphatic rings. The van der Waals surface area contributed by atoms with Crippen molar-refractivity contribution in [3.05, 3.63) is 78.4 Å². The monoisotopic (exact) mass is 591 g/mol. The molecule has 1 aromatic carbocycles. The first-order valence-corrected chi connectivity index (χ1v) is 14.2. The van der Waals surface area contributed by atoms with Crippen LogP contribution in [0.5, 0.6) is 0 Å². The predicted octanol–water partition coefficient (Wildman–Crippen LogP) is 3.38. The minimum atomic E-state index is -1.56. The number of hydrogen-bond donors (Lipinski definition) is 2. The van der Waals surface area contributed by atoms with Crippen LogP contribution in [-0.4, -0.2) is 99.7 Å². The van der Waals surface area contributed by atoms with Gasteiger partial charge in [0.25, 0.3) is 0 Å². The first kappa shape index (κ1) is 28.9. The summed E-state index contributed by atoms with van der Waals surface area (Å²) >= 11 is 0. The number of alkyl halides is 1. The predicted molar refractivity (Wildman–Crippen MR) is 157 cm³/mol. The molecular weight excluding hydrogens is 556 g/mol. The second-order valence-corrected chi connectivity index (χ2v) is 11.3. The van der Waals surface area contributed by atoms with E-state index in [1.807, 2.05) is 49.2 Å². The van der Waals surface area contributed by atoms with Gasteiger partial charge in [0.15, 0.2) is 11.5 Å². The Morgan fingerprint density at radius 2 is 1.88 bits per heavy atom.